The van der Waals surface area contributed by atoms with E-state index in [9.17, 15) is 10.1 Å². The van der Waals surface area contributed by atoms with Crippen molar-refractivity contribution in [3.05, 3.63) is 28.3 Å². The number of rotatable bonds is 7. The first-order valence-corrected chi connectivity index (χ1v) is 6.51. The van der Waals surface area contributed by atoms with Crippen LogP contribution in [0.15, 0.2) is 18.2 Å². The Bertz CT molecular complexity index is 460. The van der Waals surface area contributed by atoms with Crippen LogP contribution in [0.3, 0.4) is 0 Å². The third-order valence-electron chi connectivity index (χ3n) is 3.38. The minimum atomic E-state index is -0.373. The zero-order chi connectivity index (χ0) is 13.8. The maximum absolute atomic E-state index is 10.8. The SMILES string of the molecule is CNc1cc(NCCN(C)C2CC2)cc([N+](=O)[O-])c1. The van der Waals surface area contributed by atoms with Gasteiger partial charge in [0, 0.05) is 49.7 Å². The van der Waals surface area contributed by atoms with Crippen LogP contribution in [0.1, 0.15) is 12.8 Å². The van der Waals surface area contributed by atoms with Crippen molar-refractivity contribution in [1.29, 1.82) is 0 Å². The largest absolute Gasteiger partial charge is 0.388 e. The Morgan fingerprint density at radius 3 is 2.63 bits per heavy atom. The number of likely N-dealkylation sites (N-methyl/N-ethyl adjacent to an activating group) is 1. The van der Waals surface area contributed by atoms with Crippen molar-refractivity contribution < 1.29 is 4.92 Å². The van der Waals surface area contributed by atoms with Crippen molar-refractivity contribution in [1.82, 2.24) is 4.90 Å². The van der Waals surface area contributed by atoms with Crippen molar-refractivity contribution >= 4 is 17.1 Å². The molecule has 6 heteroatoms. The van der Waals surface area contributed by atoms with Crippen molar-refractivity contribution in [2.45, 2.75) is 18.9 Å². The summed E-state index contributed by atoms with van der Waals surface area (Å²) in [6.45, 7) is 1.74. The Balaban J connectivity index is 1.94. The van der Waals surface area contributed by atoms with E-state index < -0.39 is 0 Å². The molecule has 1 fully saturated rings. The third kappa shape index (κ3) is 3.82. The highest BCUT2D eigenvalue weighted by Crippen LogP contribution is 2.26. The van der Waals surface area contributed by atoms with Crippen molar-refractivity contribution in [3.63, 3.8) is 0 Å². The van der Waals surface area contributed by atoms with E-state index in [1.54, 1.807) is 13.1 Å². The van der Waals surface area contributed by atoms with E-state index in [0.29, 0.717) is 0 Å². The Kier molecular flexibility index (Phi) is 4.21. The zero-order valence-electron chi connectivity index (χ0n) is 11.3. The summed E-state index contributed by atoms with van der Waals surface area (Å²) in [5, 5.41) is 17.0. The van der Waals surface area contributed by atoms with Gasteiger partial charge in [0.25, 0.3) is 5.69 Å². The molecular weight excluding hydrogens is 244 g/mol. The molecule has 0 unspecified atom stereocenters. The summed E-state index contributed by atoms with van der Waals surface area (Å²) in [6.07, 6.45) is 2.58. The van der Waals surface area contributed by atoms with Gasteiger partial charge < -0.3 is 15.5 Å². The number of non-ortho nitro benzene ring substituents is 1. The van der Waals surface area contributed by atoms with Crippen LogP contribution in [0.4, 0.5) is 17.1 Å². The van der Waals surface area contributed by atoms with Gasteiger partial charge in [-0.1, -0.05) is 0 Å². The molecule has 0 aliphatic heterocycles. The molecule has 1 aromatic carbocycles. The Labute approximate surface area is 112 Å². The fourth-order valence-electron chi connectivity index (χ4n) is 2.04. The fourth-order valence-corrected chi connectivity index (χ4v) is 2.04. The number of nitro benzene ring substituents is 1. The quantitative estimate of drug-likeness (QED) is 0.583. The average molecular weight is 264 g/mol. The lowest BCUT2D eigenvalue weighted by Gasteiger charge is -2.16. The van der Waals surface area contributed by atoms with E-state index in [2.05, 4.69) is 22.6 Å². The second-order valence-corrected chi connectivity index (χ2v) is 4.91. The van der Waals surface area contributed by atoms with Crippen LogP contribution >= 0.6 is 0 Å². The third-order valence-corrected chi connectivity index (χ3v) is 3.38. The molecule has 0 spiro atoms. The van der Waals surface area contributed by atoms with Crippen molar-refractivity contribution in [2.24, 2.45) is 0 Å². The normalized spacial score (nSPS) is 14.5. The van der Waals surface area contributed by atoms with Gasteiger partial charge in [-0.05, 0) is 26.0 Å². The highest BCUT2D eigenvalue weighted by Gasteiger charge is 2.25. The van der Waals surface area contributed by atoms with Gasteiger partial charge in [-0.15, -0.1) is 0 Å². The van der Waals surface area contributed by atoms with Crippen molar-refractivity contribution in [3.8, 4) is 0 Å². The van der Waals surface area contributed by atoms with Crippen molar-refractivity contribution in [2.75, 3.05) is 37.8 Å². The highest BCUT2D eigenvalue weighted by atomic mass is 16.6. The lowest BCUT2D eigenvalue weighted by atomic mass is 10.2. The minimum Gasteiger partial charge on any atom is -0.388 e. The number of nitrogens with one attached hydrogen (secondary N) is 2. The molecule has 19 heavy (non-hydrogen) atoms. The lowest BCUT2D eigenvalue weighted by Crippen LogP contribution is -2.27. The molecule has 1 aliphatic rings. The predicted molar refractivity (Wildman–Crippen MR) is 76.8 cm³/mol. The molecule has 0 heterocycles. The Morgan fingerprint density at radius 2 is 2.05 bits per heavy atom. The summed E-state index contributed by atoms with van der Waals surface area (Å²) in [7, 11) is 3.87. The molecule has 0 bridgehead atoms. The molecule has 6 nitrogen and oxygen atoms in total. The van der Waals surface area contributed by atoms with Crippen LogP contribution in [0, 0.1) is 10.1 Å². The number of benzene rings is 1. The fraction of sp³-hybridized carbons (Fsp3) is 0.538. The molecule has 0 amide bonds. The summed E-state index contributed by atoms with van der Waals surface area (Å²) in [6, 6.07) is 5.71. The van der Waals surface area contributed by atoms with E-state index in [1.165, 1.54) is 18.9 Å². The number of nitrogens with zero attached hydrogens (tertiary/aromatic N) is 2. The second-order valence-electron chi connectivity index (χ2n) is 4.91. The smallest absolute Gasteiger partial charge is 0.273 e. The molecule has 0 radical (unpaired) electrons. The average Bonchev–Trinajstić information content (AvgIpc) is 3.22. The monoisotopic (exact) mass is 264 g/mol. The highest BCUT2D eigenvalue weighted by molar-refractivity contribution is 5.63. The Hall–Kier alpha value is -1.82. The standard InChI is InChI=1S/C13H20N4O2/c1-14-10-7-11(9-13(8-10)17(18)19)15-5-6-16(2)12-3-4-12/h7-9,12,14-15H,3-6H2,1-2H3. The predicted octanol–water partition coefficient (Wildman–Crippen LogP) is 2.14. The molecule has 0 saturated heterocycles. The molecule has 2 N–H and O–H groups in total. The molecular formula is C13H20N4O2. The summed E-state index contributed by atoms with van der Waals surface area (Å²) < 4.78 is 0. The van der Waals surface area contributed by atoms with Gasteiger partial charge in [-0.25, -0.2) is 0 Å². The first-order chi connectivity index (χ1) is 9.10. The number of nitro groups is 1. The van der Waals surface area contributed by atoms with Gasteiger partial charge in [-0.2, -0.15) is 0 Å². The summed E-state index contributed by atoms with van der Waals surface area (Å²) in [4.78, 5) is 12.8. The van der Waals surface area contributed by atoms with E-state index in [-0.39, 0.29) is 10.6 Å². The molecule has 0 aromatic heterocycles. The first kappa shape index (κ1) is 13.6. The van der Waals surface area contributed by atoms with Gasteiger partial charge in [0.2, 0.25) is 0 Å². The number of anilines is 2. The number of hydrogen-bond acceptors (Lipinski definition) is 5. The van der Waals surface area contributed by atoms with Crippen LogP contribution < -0.4 is 10.6 Å². The molecule has 104 valence electrons. The first-order valence-electron chi connectivity index (χ1n) is 6.51. The van der Waals surface area contributed by atoms with Crippen LogP contribution in [0.25, 0.3) is 0 Å². The topological polar surface area (TPSA) is 70.4 Å². The van der Waals surface area contributed by atoms with E-state index in [0.717, 1.165) is 30.5 Å². The van der Waals surface area contributed by atoms with Gasteiger partial charge in [-0.3, -0.25) is 10.1 Å². The maximum Gasteiger partial charge on any atom is 0.273 e. The maximum atomic E-state index is 10.8. The van der Waals surface area contributed by atoms with Crippen LogP contribution in [0.2, 0.25) is 0 Å². The summed E-state index contributed by atoms with van der Waals surface area (Å²) in [5.74, 6) is 0. The minimum absolute atomic E-state index is 0.102. The van der Waals surface area contributed by atoms with E-state index in [1.807, 2.05) is 6.07 Å². The number of hydrogen-bond donors (Lipinski definition) is 2. The Morgan fingerprint density at radius 1 is 1.37 bits per heavy atom. The van der Waals surface area contributed by atoms with Gasteiger partial charge in [0.1, 0.15) is 0 Å². The van der Waals surface area contributed by atoms with Gasteiger partial charge in [0.15, 0.2) is 0 Å². The zero-order valence-corrected chi connectivity index (χ0v) is 11.3. The molecule has 1 saturated carbocycles. The van der Waals surface area contributed by atoms with Gasteiger partial charge in [0.05, 0.1) is 4.92 Å². The van der Waals surface area contributed by atoms with Crippen LogP contribution in [-0.4, -0.2) is 43.0 Å². The van der Waals surface area contributed by atoms with E-state index >= 15 is 0 Å². The summed E-state index contributed by atoms with van der Waals surface area (Å²) >= 11 is 0. The van der Waals surface area contributed by atoms with Crippen LogP contribution in [0.5, 0.6) is 0 Å². The van der Waals surface area contributed by atoms with Crippen LogP contribution in [-0.2, 0) is 0 Å². The second kappa shape index (κ2) is 5.88. The molecule has 2 rings (SSSR count). The molecule has 1 aromatic rings. The van der Waals surface area contributed by atoms with Gasteiger partial charge >= 0.3 is 0 Å². The summed E-state index contributed by atoms with van der Waals surface area (Å²) in [5.41, 5.74) is 1.62. The van der Waals surface area contributed by atoms with E-state index in [4.69, 9.17) is 0 Å². The molecule has 0 atom stereocenters. The molecule has 1 aliphatic carbocycles. The lowest BCUT2D eigenvalue weighted by molar-refractivity contribution is -0.384.